The molecule has 0 spiro atoms. The number of Topliss-reactive ketones (excluding diaryl/α,β-unsaturated/α-hetero) is 1. The van der Waals surface area contributed by atoms with E-state index < -0.39 is 17.5 Å². The van der Waals surface area contributed by atoms with Crippen LogP contribution in [0.1, 0.15) is 22.8 Å². The number of hydrogen-bond acceptors (Lipinski definition) is 2. The number of ketones is 1. The molecule has 2 aromatic rings. The summed E-state index contributed by atoms with van der Waals surface area (Å²) in [6.07, 6.45) is 0. The van der Waals surface area contributed by atoms with E-state index in [1.54, 1.807) is 0 Å². The monoisotopic (exact) mass is 280 g/mol. The number of hydrogen-bond donors (Lipinski definition) is 0. The summed E-state index contributed by atoms with van der Waals surface area (Å²) in [5, 5.41) is 0. The molecule has 20 heavy (non-hydrogen) atoms. The molecule has 2 aromatic carbocycles. The molecule has 0 amide bonds. The molecule has 0 saturated heterocycles. The average molecular weight is 280 g/mol. The van der Waals surface area contributed by atoms with Gasteiger partial charge in [0.1, 0.15) is 29.8 Å². The van der Waals surface area contributed by atoms with Crippen LogP contribution in [0.4, 0.5) is 13.2 Å². The van der Waals surface area contributed by atoms with E-state index in [2.05, 4.69) is 0 Å². The zero-order valence-electron chi connectivity index (χ0n) is 10.6. The molecule has 0 bridgehead atoms. The molecule has 0 heterocycles. The number of benzene rings is 2. The Morgan fingerprint density at radius 3 is 2.40 bits per heavy atom. The van der Waals surface area contributed by atoms with Crippen LogP contribution in [0.15, 0.2) is 36.4 Å². The van der Waals surface area contributed by atoms with E-state index in [-0.39, 0.29) is 29.3 Å². The van der Waals surface area contributed by atoms with Gasteiger partial charge < -0.3 is 4.74 Å². The van der Waals surface area contributed by atoms with Crippen LogP contribution < -0.4 is 4.74 Å². The van der Waals surface area contributed by atoms with Gasteiger partial charge in [-0.3, -0.25) is 4.79 Å². The van der Waals surface area contributed by atoms with Crippen molar-refractivity contribution in [1.29, 1.82) is 0 Å². The van der Waals surface area contributed by atoms with Crippen LogP contribution in [-0.2, 0) is 6.61 Å². The van der Waals surface area contributed by atoms with E-state index in [0.29, 0.717) is 0 Å². The summed E-state index contributed by atoms with van der Waals surface area (Å²) in [4.78, 5) is 11.4. The van der Waals surface area contributed by atoms with Crippen molar-refractivity contribution >= 4 is 5.78 Å². The van der Waals surface area contributed by atoms with Gasteiger partial charge in [-0.2, -0.15) is 0 Å². The Morgan fingerprint density at radius 2 is 1.70 bits per heavy atom. The quantitative estimate of drug-likeness (QED) is 0.794. The summed E-state index contributed by atoms with van der Waals surface area (Å²) in [6.45, 7) is 1.01. The molecule has 0 aliphatic rings. The molecule has 0 N–H and O–H groups in total. The molecule has 0 atom stereocenters. The highest BCUT2D eigenvalue weighted by Crippen LogP contribution is 2.22. The molecule has 2 rings (SSSR count). The number of rotatable bonds is 4. The van der Waals surface area contributed by atoms with Gasteiger partial charge in [-0.25, -0.2) is 13.2 Å². The minimum absolute atomic E-state index is 0.0174. The van der Waals surface area contributed by atoms with Crippen LogP contribution in [0.2, 0.25) is 0 Å². The third-order valence-corrected chi connectivity index (χ3v) is 2.71. The van der Waals surface area contributed by atoms with E-state index >= 15 is 0 Å². The minimum atomic E-state index is -0.613. The summed E-state index contributed by atoms with van der Waals surface area (Å²) < 4.78 is 44.8. The standard InChI is InChI=1S/C15H11F3O2/c1-9(19)13-7-12(17)3-5-15(13)20-8-10-6-11(16)2-4-14(10)18/h2-7H,8H2,1H3. The van der Waals surface area contributed by atoms with E-state index in [4.69, 9.17) is 4.74 Å². The Bertz CT molecular complexity index is 654. The van der Waals surface area contributed by atoms with Gasteiger partial charge in [-0.05, 0) is 43.3 Å². The van der Waals surface area contributed by atoms with Crippen LogP contribution in [-0.4, -0.2) is 5.78 Å². The van der Waals surface area contributed by atoms with Gasteiger partial charge in [-0.1, -0.05) is 0 Å². The largest absolute Gasteiger partial charge is 0.488 e. The number of carbonyl (C=O) groups excluding carboxylic acids is 1. The van der Waals surface area contributed by atoms with Gasteiger partial charge in [0, 0.05) is 5.56 Å². The molecule has 0 aliphatic heterocycles. The Kier molecular flexibility index (Phi) is 4.08. The summed E-state index contributed by atoms with van der Waals surface area (Å²) >= 11 is 0. The van der Waals surface area contributed by atoms with Crippen LogP contribution in [0.5, 0.6) is 5.75 Å². The molecule has 0 unspecified atom stereocenters. The molecule has 0 radical (unpaired) electrons. The molecule has 2 nitrogen and oxygen atoms in total. The highest BCUT2D eigenvalue weighted by atomic mass is 19.1. The van der Waals surface area contributed by atoms with E-state index in [1.165, 1.54) is 13.0 Å². The normalized spacial score (nSPS) is 10.4. The molecule has 0 saturated carbocycles. The Labute approximate surface area is 113 Å². The lowest BCUT2D eigenvalue weighted by molar-refractivity contribution is 0.101. The van der Waals surface area contributed by atoms with Gasteiger partial charge in [-0.15, -0.1) is 0 Å². The highest BCUT2D eigenvalue weighted by Gasteiger charge is 2.11. The summed E-state index contributed by atoms with van der Waals surface area (Å²) in [6, 6.07) is 6.45. The fourth-order valence-corrected chi connectivity index (χ4v) is 1.71. The molecule has 104 valence electrons. The van der Waals surface area contributed by atoms with Gasteiger partial charge >= 0.3 is 0 Å². The second-order valence-electron chi connectivity index (χ2n) is 4.22. The van der Waals surface area contributed by atoms with Gasteiger partial charge in [0.15, 0.2) is 5.78 Å². The molecule has 0 aliphatic carbocycles. The second kappa shape index (κ2) is 5.77. The minimum Gasteiger partial charge on any atom is -0.488 e. The van der Waals surface area contributed by atoms with Crippen molar-refractivity contribution in [1.82, 2.24) is 0 Å². The topological polar surface area (TPSA) is 26.3 Å². The van der Waals surface area contributed by atoms with Crippen LogP contribution >= 0.6 is 0 Å². The average Bonchev–Trinajstić information content (AvgIpc) is 2.40. The van der Waals surface area contributed by atoms with E-state index in [9.17, 15) is 18.0 Å². The number of ether oxygens (including phenoxy) is 1. The van der Waals surface area contributed by atoms with E-state index in [1.807, 2.05) is 0 Å². The summed E-state index contributed by atoms with van der Waals surface area (Å²) in [5.74, 6) is -2.02. The predicted octanol–water partition coefficient (Wildman–Crippen LogP) is 3.89. The molecular formula is C15H11F3O2. The summed E-state index contributed by atoms with van der Waals surface area (Å²) in [5.41, 5.74) is 0.0747. The Morgan fingerprint density at radius 1 is 1.05 bits per heavy atom. The third kappa shape index (κ3) is 3.17. The Hall–Kier alpha value is -2.30. The lowest BCUT2D eigenvalue weighted by atomic mass is 10.1. The fourth-order valence-electron chi connectivity index (χ4n) is 1.71. The first kappa shape index (κ1) is 14.1. The zero-order chi connectivity index (χ0) is 14.7. The number of carbonyl (C=O) groups is 1. The maximum absolute atomic E-state index is 13.4. The van der Waals surface area contributed by atoms with Crippen molar-refractivity contribution in [3.8, 4) is 5.75 Å². The van der Waals surface area contributed by atoms with Crippen molar-refractivity contribution in [3.05, 3.63) is 65.0 Å². The smallest absolute Gasteiger partial charge is 0.163 e. The second-order valence-corrected chi connectivity index (χ2v) is 4.22. The fraction of sp³-hybridized carbons (Fsp3) is 0.133. The van der Waals surface area contributed by atoms with Crippen molar-refractivity contribution < 1.29 is 22.7 Å². The van der Waals surface area contributed by atoms with Crippen molar-refractivity contribution in [2.45, 2.75) is 13.5 Å². The molecule has 5 heteroatoms. The zero-order valence-corrected chi connectivity index (χ0v) is 10.6. The lowest BCUT2D eigenvalue weighted by Crippen LogP contribution is -2.04. The van der Waals surface area contributed by atoms with Crippen LogP contribution in [0.3, 0.4) is 0 Å². The first-order valence-corrected chi connectivity index (χ1v) is 5.84. The van der Waals surface area contributed by atoms with Gasteiger partial charge in [0.25, 0.3) is 0 Å². The van der Waals surface area contributed by atoms with E-state index in [0.717, 1.165) is 30.3 Å². The Balaban J connectivity index is 2.23. The maximum atomic E-state index is 13.4. The highest BCUT2D eigenvalue weighted by molar-refractivity contribution is 5.96. The van der Waals surface area contributed by atoms with Crippen molar-refractivity contribution in [2.24, 2.45) is 0 Å². The first-order valence-electron chi connectivity index (χ1n) is 5.84. The lowest BCUT2D eigenvalue weighted by Gasteiger charge is -2.10. The van der Waals surface area contributed by atoms with Gasteiger partial charge in [0.2, 0.25) is 0 Å². The van der Waals surface area contributed by atoms with Crippen LogP contribution in [0, 0.1) is 17.5 Å². The molecule has 0 fully saturated rings. The van der Waals surface area contributed by atoms with Crippen molar-refractivity contribution in [3.63, 3.8) is 0 Å². The van der Waals surface area contributed by atoms with Gasteiger partial charge in [0.05, 0.1) is 5.56 Å². The number of halogens is 3. The maximum Gasteiger partial charge on any atom is 0.163 e. The third-order valence-electron chi connectivity index (χ3n) is 2.71. The first-order chi connectivity index (χ1) is 9.47. The molecular weight excluding hydrogens is 269 g/mol. The van der Waals surface area contributed by atoms with Crippen LogP contribution in [0.25, 0.3) is 0 Å². The predicted molar refractivity (Wildman–Crippen MR) is 67.1 cm³/mol. The van der Waals surface area contributed by atoms with Crippen molar-refractivity contribution in [2.75, 3.05) is 0 Å². The SMILES string of the molecule is CC(=O)c1cc(F)ccc1OCc1cc(F)ccc1F. The molecule has 0 aromatic heterocycles. The summed E-state index contributed by atoms with van der Waals surface area (Å²) in [7, 11) is 0.